The van der Waals surface area contributed by atoms with Gasteiger partial charge >= 0.3 is 0 Å². The second kappa shape index (κ2) is 4.80. The van der Waals surface area contributed by atoms with E-state index in [4.69, 9.17) is 17.3 Å². The summed E-state index contributed by atoms with van der Waals surface area (Å²) in [5.41, 5.74) is 4.69. The first-order valence-electron chi connectivity index (χ1n) is 4.84. The Morgan fingerprint density at radius 3 is 2.75 bits per heavy atom. The van der Waals surface area contributed by atoms with Crippen molar-refractivity contribution in [2.45, 2.75) is 19.4 Å². The lowest BCUT2D eigenvalue weighted by Gasteiger charge is -2.27. The molecular formula is C11H14ClFN2O. The minimum absolute atomic E-state index is 0.0348. The molecule has 1 aromatic carbocycles. The molecule has 0 aromatic heterocycles. The van der Waals surface area contributed by atoms with Crippen LogP contribution >= 0.6 is 11.6 Å². The van der Waals surface area contributed by atoms with Crippen molar-refractivity contribution in [3.05, 3.63) is 34.6 Å². The number of carbonyl (C=O) groups is 1. The van der Waals surface area contributed by atoms with Gasteiger partial charge in [0.15, 0.2) is 0 Å². The molecule has 0 heterocycles. The highest BCUT2D eigenvalue weighted by atomic mass is 35.5. The Labute approximate surface area is 98.8 Å². The van der Waals surface area contributed by atoms with E-state index in [1.54, 1.807) is 26.0 Å². The molecule has 0 fully saturated rings. The number of amides is 1. The summed E-state index contributed by atoms with van der Waals surface area (Å²) in [6.07, 6.45) is 0. The Balaban J connectivity index is 3.06. The molecule has 0 bridgehead atoms. The van der Waals surface area contributed by atoms with Crippen molar-refractivity contribution in [1.29, 1.82) is 0 Å². The lowest BCUT2D eigenvalue weighted by Crippen LogP contribution is -2.44. The molecule has 88 valence electrons. The van der Waals surface area contributed by atoms with E-state index in [-0.39, 0.29) is 17.5 Å². The summed E-state index contributed by atoms with van der Waals surface area (Å²) in [5, 5.41) is 2.66. The SMILES string of the molecule is CC(C)(NC(=O)CN)c1cccc(Cl)c1F. The van der Waals surface area contributed by atoms with E-state index in [0.717, 1.165) is 0 Å². The molecule has 3 nitrogen and oxygen atoms in total. The van der Waals surface area contributed by atoms with Crippen molar-refractivity contribution in [1.82, 2.24) is 5.32 Å². The molecule has 1 amide bonds. The van der Waals surface area contributed by atoms with Gasteiger partial charge in [0.1, 0.15) is 5.82 Å². The van der Waals surface area contributed by atoms with Gasteiger partial charge in [-0.25, -0.2) is 4.39 Å². The van der Waals surface area contributed by atoms with Crippen molar-refractivity contribution in [3.63, 3.8) is 0 Å². The van der Waals surface area contributed by atoms with Crippen LogP contribution in [0.25, 0.3) is 0 Å². The molecule has 0 unspecified atom stereocenters. The zero-order chi connectivity index (χ0) is 12.3. The lowest BCUT2D eigenvalue weighted by atomic mass is 9.93. The van der Waals surface area contributed by atoms with Crippen LogP contribution in [-0.2, 0) is 10.3 Å². The van der Waals surface area contributed by atoms with E-state index < -0.39 is 11.4 Å². The first-order valence-corrected chi connectivity index (χ1v) is 5.22. The molecule has 0 aliphatic carbocycles. The fraction of sp³-hybridized carbons (Fsp3) is 0.364. The number of hydrogen-bond acceptors (Lipinski definition) is 2. The summed E-state index contributed by atoms with van der Waals surface area (Å²) in [7, 11) is 0. The van der Waals surface area contributed by atoms with Crippen molar-refractivity contribution >= 4 is 17.5 Å². The first-order chi connectivity index (χ1) is 7.38. The summed E-state index contributed by atoms with van der Waals surface area (Å²) >= 11 is 5.68. The van der Waals surface area contributed by atoms with Crippen molar-refractivity contribution in [2.75, 3.05) is 6.54 Å². The number of benzene rings is 1. The number of rotatable bonds is 3. The Kier molecular flexibility index (Phi) is 3.88. The Morgan fingerprint density at radius 1 is 1.56 bits per heavy atom. The second-order valence-corrected chi connectivity index (χ2v) is 4.39. The van der Waals surface area contributed by atoms with Crippen LogP contribution in [0.4, 0.5) is 4.39 Å². The van der Waals surface area contributed by atoms with Crippen LogP contribution in [0, 0.1) is 5.82 Å². The predicted molar refractivity (Wildman–Crippen MR) is 61.6 cm³/mol. The van der Waals surface area contributed by atoms with Crippen LogP contribution in [-0.4, -0.2) is 12.5 Å². The molecule has 0 radical (unpaired) electrons. The van der Waals surface area contributed by atoms with Crippen LogP contribution in [0.2, 0.25) is 5.02 Å². The zero-order valence-electron chi connectivity index (χ0n) is 9.18. The highest BCUT2D eigenvalue weighted by Gasteiger charge is 2.26. The standard InChI is InChI=1S/C11H14ClFN2O/c1-11(2,15-9(16)6-14)7-4-3-5-8(12)10(7)13/h3-5H,6,14H2,1-2H3,(H,15,16). The molecule has 0 spiro atoms. The van der Waals surface area contributed by atoms with E-state index in [1.807, 2.05) is 0 Å². The molecular weight excluding hydrogens is 231 g/mol. The van der Waals surface area contributed by atoms with Crippen LogP contribution in [0.15, 0.2) is 18.2 Å². The molecule has 0 saturated heterocycles. The lowest BCUT2D eigenvalue weighted by molar-refractivity contribution is -0.121. The Morgan fingerprint density at radius 2 is 2.19 bits per heavy atom. The van der Waals surface area contributed by atoms with Crippen LogP contribution in [0.1, 0.15) is 19.4 Å². The average molecular weight is 245 g/mol. The maximum Gasteiger partial charge on any atom is 0.234 e. The molecule has 3 N–H and O–H groups in total. The summed E-state index contributed by atoms with van der Waals surface area (Å²) < 4.78 is 13.7. The predicted octanol–water partition coefficient (Wildman–Crippen LogP) is 1.79. The average Bonchev–Trinajstić information content (AvgIpc) is 2.21. The number of halogens is 2. The number of nitrogens with one attached hydrogen (secondary N) is 1. The quantitative estimate of drug-likeness (QED) is 0.852. The van der Waals surface area contributed by atoms with E-state index >= 15 is 0 Å². The molecule has 0 aliphatic heterocycles. The highest BCUT2D eigenvalue weighted by molar-refractivity contribution is 6.30. The molecule has 1 rings (SSSR count). The molecule has 0 saturated carbocycles. The van der Waals surface area contributed by atoms with Gasteiger partial charge in [-0.1, -0.05) is 23.7 Å². The van der Waals surface area contributed by atoms with Gasteiger partial charge in [0.05, 0.1) is 17.1 Å². The third kappa shape index (κ3) is 2.71. The van der Waals surface area contributed by atoms with Crippen LogP contribution in [0.5, 0.6) is 0 Å². The third-order valence-electron chi connectivity index (χ3n) is 2.26. The monoisotopic (exact) mass is 244 g/mol. The maximum absolute atomic E-state index is 13.7. The molecule has 5 heteroatoms. The largest absolute Gasteiger partial charge is 0.346 e. The Hall–Kier alpha value is -1.13. The summed E-state index contributed by atoms with van der Waals surface area (Å²) in [6, 6.07) is 4.68. The van der Waals surface area contributed by atoms with Crippen molar-refractivity contribution < 1.29 is 9.18 Å². The third-order valence-corrected chi connectivity index (χ3v) is 2.55. The van der Waals surface area contributed by atoms with Gasteiger partial charge in [-0.2, -0.15) is 0 Å². The fourth-order valence-corrected chi connectivity index (χ4v) is 1.63. The van der Waals surface area contributed by atoms with Gasteiger partial charge in [0, 0.05) is 5.56 Å². The van der Waals surface area contributed by atoms with Crippen LogP contribution in [0.3, 0.4) is 0 Å². The molecule has 16 heavy (non-hydrogen) atoms. The summed E-state index contributed by atoms with van der Waals surface area (Å²) in [4.78, 5) is 11.2. The number of hydrogen-bond donors (Lipinski definition) is 2. The maximum atomic E-state index is 13.7. The van der Waals surface area contributed by atoms with Gasteiger partial charge in [-0.15, -0.1) is 0 Å². The Bertz CT molecular complexity index is 407. The topological polar surface area (TPSA) is 55.1 Å². The van der Waals surface area contributed by atoms with E-state index in [1.165, 1.54) is 6.07 Å². The second-order valence-electron chi connectivity index (χ2n) is 3.98. The highest BCUT2D eigenvalue weighted by Crippen LogP contribution is 2.27. The molecule has 0 aliphatic rings. The van der Waals surface area contributed by atoms with Gasteiger partial charge in [0.25, 0.3) is 0 Å². The van der Waals surface area contributed by atoms with E-state index in [2.05, 4.69) is 5.32 Å². The van der Waals surface area contributed by atoms with E-state index in [0.29, 0.717) is 5.56 Å². The van der Waals surface area contributed by atoms with Gasteiger partial charge in [-0.3, -0.25) is 4.79 Å². The zero-order valence-corrected chi connectivity index (χ0v) is 9.94. The van der Waals surface area contributed by atoms with Gasteiger partial charge in [0.2, 0.25) is 5.91 Å². The fourth-order valence-electron chi connectivity index (χ4n) is 1.45. The minimum Gasteiger partial charge on any atom is -0.346 e. The smallest absolute Gasteiger partial charge is 0.234 e. The first kappa shape index (κ1) is 12.9. The molecule has 0 atom stereocenters. The summed E-state index contributed by atoms with van der Waals surface area (Å²) in [5.74, 6) is -0.865. The van der Waals surface area contributed by atoms with Gasteiger partial charge in [-0.05, 0) is 19.9 Å². The van der Waals surface area contributed by atoms with Crippen molar-refractivity contribution in [3.8, 4) is 0 Å². The number of carbonyl (C=O) groups excluding carboxylic acids is 1. The minimum atomic E-state index is -0.842. The van der Waals surface area contributed by atoms with Crippen molar-refractivity contribution in [2.24, 2.45) is 5.73 Å². The van der Waals surface area contributed by atoms with E-state index in [9.17, 15) is 9.18 Å². The molecule has 1 aromatic rings. The summed E-state index contributed by atoms with van der Waals surface area (Å²) in [6.45, 7) is 3.25. The number of nitrogens with two attached hydrogens (primary N) is 1. The normalized spacial score (nSPS) is 11.3. The van der Waals surface area contributed by atoms with Gasteiger partial charge < -0.3 is 11.1 Å². The van der Waals surface area contributed by atoms with Crippen LogP contribution < -0.4 is 11.1 Å².